The Balaban J connectivity index is 1.72. The molecule has 0 saturated heterocycles. The number of nitrogens with one attached hydrogen (secondary N) is 1. The number of carbonyl (C=O) groups is 1. The fraction of sp³-hybridized carbons (Fsp3) is 0.0625. The topological polar surface area (TPSA) is 76.6 Å². The lowest BCUT2D eigenvalue weighted by Gasteiger charge is -2.02. The van der Waals surface area contributed by atoms with Crippen LogP contribution in [0.2, 0.25) is 0 Å². The van der Waals surface area contributed by atoms with Gasteiger partial charge in [0.05, 0.1) is 23.8 Å². The van der Waals surface area contributed by atoms with Crippen LogP contribution in [0.15, 0.2) is 57.9 Å². The first-order valence-corrected chi connectivity index (χ1v) is 7.76. The highest BCUT2D eigenvalue weighted by molar-refractivity contribution is 7.18. The van der Waals surface area contributed by atoms with E-state index in [0.29, 0.717) is 15.6 Å². The average Bonchev–Trinajstić information content (AvgIpc) is 3.19. The fourth-order valence-corrected chi connectivity index (χ4v) is 3.31. The zero-order valence-corrected chi connectivity index (χ0v) is 12.7. The molecular weight excluding hydrogens is 314 g/mol. The maximum atomic E-state index is 12.3. The summed E-state index contributed by atoms with van der Waals surface area (Å²) in [6, 6.07) is 12.2. The van der Waals surface area contributed by atoms with Crippen molar-refractivity contribution < 1.29 is 9.21 Å². The number of para-hydroxylation sites is 2. The van der Waals surface area contributed by atoms with Crippen LogP contribution in [0.3, 0.4) is 0 Å². The number of nitrogens with zero attached hydrogens (tertiary/aromatic N) is 2. The molecule has 0 spiro atoms. The van der Waals surface area contributed by atoms with Gasteiger partial charge < -0.3 is 9.73 Å². The summed E-state index contributed by atoms with van der Waals surface area (Å²) in [7, 11) is 0. The average molecular weight is 325 g/mol. The van der Waals surface area contributed by atoms with Crippen molar-refractivity contribution in [1.82, 2.24) is 14.7 Å². The maximum Gasteiger partial charge on any atom is 0.262 e. The predicted molar refractivity (Wildman–Crippen MR) is 86.7 cm³/mol. The number of fused-ring (bicyclic) bond motifs is 3. The van der Waals surface area contributed by atoms with Gasteiger partial charge in [0.25, 0.3) is 11.5 Å². The number of furan rings is 1. The molecule has 0 aliphatic heterocycles. The molecule has 7 heteroatoms. The van der Waals surface area contributed by atoms with Crippen LogP contribution < -0.4 is 10.9 Å². The molecule has 114 valence electrons. The van der Waals surface area contributed by atoms with Crippen LogP contribution >= 0.6 is 11.3 Å². The van der Waals surface area contributed by atoms with Gasteiger partial charge in [0.2, 0.25) is 0 Å². The Morgan fingerprint density at radius 1 is 1.26 bits per heavy atom. The third kappa shape index (κ3) is 2.40. The Hall–Kier alpha value is -2.93. The van der Waals surface area contributed by atoms with Crippen LogP contribution in [-0.2, 0) is 6.54 Å². The standard InChI is InChI=1S/C16H11N3O3S/c20-14-8-13(15(21)17-9-10-4-3-7-22-10)23-16-18-11-5-1-2-6-12(11)19(14)16/h1-8H,9H2,(H,17,21). The zero-order chi connectivity index (χ0) is 15.8. The van der Waals surface area contributed by atoms with E-state index in [-0.39, 0.29) is 18.0 Å². The number of rotatable bonds is 3. The monoisotopic (exact) mass is 325 g/mol. The largest absolute Gasteiger partial charge is 0.467 e. The summed E-state index contributed by atoms with van der Waals surface area (Å²) < 4.78 is 6.68. The number of aromatic nitrogens is 2. The van der Waals surface area contributed by atoms with E-state index in [0.717, 1.165) is 11.0 Å². The van der Waals surface area contributed by atoms with E-state index in [1.165, 1.54) is 21.8 Å². The number of amides is 1. The predicted octanol–water partition coefficient (Wildman–Crippen LogP) is 2.43. The molecule has 0 atom stereocenters. The first-order chi connectivity index (χ1) is 11.2. The summed E-state index contributed by atoms with van der Waals surface area (Å²) >= 11 is 1.18. The summed E-state index contributed by atoms with van der Waals surface area (Å²) in [5.74, 6) is 0.330. The normalized spacial score (nSPS) is 11.1. The zero-order valence-electron chi connectivity index (χ0n) is 11.9. The van der Waals surface area contributed by atoms with E-state index in [1.807, 2.05) is 24.3 Å². The second kappa shape index (κ2) is 5.36. The molecule has 0 fully saturated rings. The van der Waals surface area contributed by atoms with Gasteiger partial charge in [-0.3, -0.25) is 14.0 Å². The smallest absolute Gasteiger partial charge is 0.262 e. The molecule has 6 nitrogen and oxygen atoms in total. The molecule has 4 rings (SSSR count). The Kier molecular flexibility index (Phi) is 3.20. The Morgan fingerprint density at radius 3 is 2.96 bits per heavy atom. The van der Waals surface area contributed by atoms with Gasteiger partial charge in [-0.2, -0.15) is 0 Å². The molecule has 4 aromatic rings. The highest BCUT2D eigenvalue weighted by Crippen LogP contribution is 2.19. The van der Waals surface area contributed by atoms with Gasteiger partial charge in [0.1, 0.15) is 10.6 Å². The molecule has 0 saturated carbocycles. The van der Waals surface area contributed by atoms with Crippen molar-refractivity contribution in [2.75, 3.05) is 0 Å². The first-order valence-electron chi connectivity index (χ1n) is 6.94. The Bertz CT molecular complexity index is 1060. The molecule has 0 aliphatic rings. The number of carbonyl (C=O) groups excluding carboxylic acids is 1. The number of imidazole rings is 1. The third-order valence-corrected chi connectivity index (χ3v) is 4.41. The minimum atomic E-state index is -0.321. The lowest BCUT2D eigenvalue weighted by atomic mass is 10.3. The number of benzene rings is 1. The maximum absolute atomic E-state index is 12.3. The number of hydrogen-bond acceptors (Lipinski definition) is 5. The summed E-state index contributed by atoms with van der Waals surface area (Å²) in [5.41, 5.74) is 1.20. The van der Waals surface area contributed by atoms with Crippen LogP contribution in [0.1, 0.15) is 15.4 Å². The minimum absolute atomic E-state index is 0.268. The molecule has 1 amide bonds. The van der Waals surface area contributed by atoms with Crippen LogP contribution in [0, 0.1) is 0 Å². The quantitative estimate of drug-likeness (QED) is 0.627. The van der Waals surface area contributed by atoms with Gasteiger partial charge in [0, 0.05) is 6.07 Å². The lowest BCUT2D eigenvalue weighted by molar-refractivity contribution is 0.0952. The second-order valence-electron chi connectivity index (χ2n) is 4.93. The molecule has 0 aliphatic carbocycles. The molecule has 0 radical (unpaired) electrons. The molecule has 23 heavy (non-hydrogen) atoms. The van der Waals surface area contributed by atoms with Crippen LogP contribution in [0.25, 0.3) is 16.0 Å². The fourth-order valence-electron chi connectivity index (χ4n) is 2.37. The van der Waals surface area contributed by atoms with Gasteiger partial charge in [-0.15, -0.1) is 0 Å². The lowest BCUT2D eigenvalue weighted by Crippen LogP contribution is -2.24. The molecule has 1 N–H and O–H groups in total. The molecule has 1 aromatic carbocycles. The van der Waals surface area contributed by atoms with E-state index in [4.69, 9.17) is 4.42 Å². The molecule has 0 bridgehead atoms. The van der Waals surface area contributed by atoms with Gasteiger partial charge in [-0.05, 0) is 24.3 Å². The second-order valence-corrected chi connectivity index (χ2v) is 5.94. The van der Waals surface area contributed by atoms with Gasteiger partial charge in [0.15, 0.2) is 4.96 Å². The van der Waals surface area contributed by atoms with Crippen LogP contribution in [0.4, 0.5) is 0 Å². The first kappa shape index (κ1) is 13.7. The SMILES string of the molecule is O=C(NCc1ccco1)c1cc(=O)n2c(nc3ccccc32)s1. The molecule has 0 unspecified atom stereocenters. The van der Waals surface area contributed by atoms with E-state index in [9.17, 15) is 9.59 Å². The van der Waals surface area contributed by atoms with Crippen molar-refractivity contribution in [2.45, 2.75) is 6.54 Å². The van der Waals surface area contributed by atoms with Crippen molar-refractivity contribution in [2.24, 2.45) is 0 Å². The number of hydrogen-bond donors (Lipinski definition) is 1. The molecule has 3 heterocycles. The summed E-state index contributed by atoms with van der Waals surface area (Å²) in [6.07, 6.45) is 1.54. The highest BCUT2D eigenvalue weighted by Gasteiger charge is 2.14. The third-order valence-electron chi connectivity index (χ3n) is 3.43. The van der Waals surface area contributed by atoms with Gasteiger partial charge >= 0.3 is 0 Å². The molecule has 3 aromatic heterocycles. The summed E-state index contributed by atoms with van der Waals surface area (Å²) in [4.78, 5) is 29.8. The van der Waals surface area contributed by atoms with Crippen LogP contribution in [-0.4, -0.2) is 15.3 Å². The van der Waals surface area contributed by atoms with E-state index < -0.39 is 0 Å². The van der Waals surface area contributed by atoms with Crippen molar-refractivity contribution in [3.8, 4) is 0 Å². The summed E-state index contributed by atoms with van der Waals surface area (Å²) in [6.45, 7) is 0.272. The van der Waals surface area contributed by atoms with Gasteiger partial charge in [-0.1, -0.05) is 23.5 Å². The van der Waals surface area contributed by atoms with Crippen molar-refractivity contribution in [3.63, 3.8) is 0 Å². The summed E-state index contributed by atoms with van der Waals surface area (Å²) in [5, 5.41) is 2.73. The van der Waals surface area contributed by atoms with Crippen molar-refractivity contribution in [1.29, 1.82) is 0 Å². The van der Waals surface area contributed by atoms with Crippen molar-refractivity contribution >= 4 is 33.2 Å². The Labute approximate surface area is 134 Å². The van der Waals surface area contributed by atoms with Crippen LogP contribution in [0.5, 0.6) is 0 Å². The van der Waals surface area contributed by atoms with E-state index in [1.54, 1.807) is 18.4 Å². The molecular formula is C16H11N3O3S. The highest BCUT2D eigenvalue weighted by atomic mass is 32.1. The minimum Gasteiger partial charge on any atom is -0.467 e. The Morgan fingerprint density at radius 2 is 2.13 bits per heavy atom. The van der Waals surface area contributed by atoms with Gasteiger partial charge in [-0.25, -0.2) is 4.98 Å². The van der Waals surface area contributed by atoms with Crippen molar-refractivity contribution in [3.05, 3.63) is 69.7 Å². The van der Waals surface area contributed by atoms with E-state index in [2.05, 4.69) is 10.3 Å². The van der Waals surface area contributed by atoms with E-state index >= 15 is 0 Å².